The van der Waals surface area contributed by atoms with Crippen molar-refractivity contribution in [1.82, 2.24) is 14.8 Å². The molecule has 0 aliphatic carbocycles. The molecule has 0 bridgehead atoms. The van der Waals surface area contributed by atoms with Crippen molar-refractivity contribution in [2.75, 3.05) is 24.2 Å². The summed E-state index contributed by atoms with van der Waals surface area (Å²) in [4.78, 5) is 24.2. The average Bonchev–Trinajstić information content (AvgIpc) is 3.06. The van der Waals surface area contributed by atoms with Gasteiger partial charge < -0.3 is 9.30 Å². The summed E-state index contributed by atoms with van der Waals surface area (Å²) >= 11 is 0. The number of H-pyrrole nitrogens is 1. The first kappa shape index (κ1) is 18.2. The Hall–Kier alpha value is -3.14. The van der Waals surface area contributed by atoms with Crippen LogP contribution in [0.1, 0.15) is 22.3 Å². The number of ether oxygens (including phenoxy) is 1. The fourth-order valence-electron chi connectivity index (χ4n) is 3.50. The lowest BCUT2D eigenvalue weighted by Crippen LogP contribution is -2.34. The minimum absolute atomic E-state index is 0.161. The van der Waals surface area contributed by atoms with Crippen LogP contribution < -0.4 is 9.86 Å². The molecule has 0 saturated carbocycles. The quantitative estimate of drug-likeness (QED) is 0.658. The summed E-state index contributed by atoms with van der Waals surface area (Å²) in [6.07, 6.45) is 5.78. The van der Waals surface area contributed by atoms with Crippen LogP contribution in [0.15, 0.2) is 35.4 Å². The predicted octanol–water partition coefficient (Wildman–Crippen LogP) is 1.16. The van der Waals surface area contributed by atoms with Crippen LogP contribution in [0.2, 0.25) is 0 Å². The number of pyridine rings is 1. The number of methoxy groups -OCH3 is 1. The highest BCUT2D eigenvalue weighted by molar-refractivity contribution is 7.92. The molecule has 0 unspecified atom stereocenters. The summed E-state index contributed by atoms with van der Waals surface area (Å²) in [5.41, 5.74) is 2.50. The van der Waals surface area contributed by atoms with Crippen molar-refractivity contribution in [2.24, 2.45) is 0 Å². The van der Waals surface area contributed by atoms with Gasteiger partial charge in [0.2, 0.25) is 10.0 Å². The number of hydrogen-bond acceptors (Lipinski definition) is 6. The summed E-state index contributed by atoms with van der Waals surface area (Å²) in [5.74, 6) is -0.605. The minimum atomic E-state index is -3.35. The van der Waals surface area contributed by atoms with E-state index in [-0.39, 0.29) is 16.8 Å². The van der Waals surface area contributed by atoms with E-state index in [1.807, 2.05) is 6.07 Å². The van der Waals surface area contributed by atoms with Crippen LogP contribution in [0.3, 0.4) is 0 Å². The van der Waals surface area contributed by atoms with Crippen LogP contribution >= 0.6 is 0 Å². The Kier molecular flexibility index (Phi) is 4.22. The van der Waals surface area contributed by atoms with Crippen LogP contribution in [0.5, 0.6) is 0 Å². The maximum atomic E-state index is 12.1. The van der Waals surface area contributed by atoms with E-state index in [2.05, 4.69) is 10.2 Å². The first-order valence-corrected chi connectivity index (χ1v) is 10.4. The zero-order valence-electron chi connectivity index (χ0n) is 15.3. The van der Waals surface area contributed by atoms with Gasteiger partial charge >= 0.3 is 5.97 Å². The van der Waals surface area contributed by atoms with Gasteiger partial charge in [-0.05, 0) is 36.6 Å². The third-order valence-electron chi connectivity index (χ3n) is 4.80. The third-order valence-corrected chi connectivity index (χ3v) is 5.98. The Morgan fingerprint density at radius 2 is 2.07 bits per heavy atom. The number of rotatable bonds is 3. The fourth-order valence-corrected chi connectivity index (χ4v) is 4.49. The molecule has 3 heterocycles. The van der Waals surface area contributed by atoms with E-state index in [1.54, 1.807) is 29.1 Å². The molecule has 0 aromatic heterocycles. The number of fused-ring (bicyclic) bond motifs is 2. The Balaban J connectivity index is 1.87. The van der Waals surface area contributed by atoms with E-state index >= 15 is 0 Å². The Labute approximate surface area is 160 Å². The number of esters is 1. The number of hydrogen-bond donors (Lipinski definition) is 1. The maximum Gasteiger partial charge on any atom is 0.341 e. The van der Waals surface area contributed by atoms with Crippen molar-refractivity contribution >= 4 is 21.7 Å². The monoisotopic (exact) mass is 402 g/mol. The Morgan fingerprint density at radius 3 is 2.79 bits per heavy atom. The molecule has 9 nitrogen and oxygen atoms in total. The van der Waals surface area contributed by atoms with Gasteiger partial charge in [0.1, 0.15) is 11.3 Å². The molecule has 0 radical (unpaired) electrons. The Bertz CT molecular complexity index is 1210. The van der Waals surface area contributed by atoms with Crippen molar-refractivity contribution < 1.29 is 17.9 Å². The SMILES string of the molecule is COC(=O)c1cn(-c2ccc3c(c2)CCCN3S(C)(=O)=O)cc2c(=O)[nH]nc1-2. The summed E-state index contributed by atoms with van der Waals surface area (Å²) in [6, 6.07) is 5.36. The number of benzene rings is 1. The van der Waals surface area contributed by atoms with Crippen LogP contribution in [-0.4, -0.2) is 49.1 Å². The van der Waals surface area contributed by atoms with Crippen molar-refractivity contribution in [3.8, 4) is 16.9 Å². The molecular formula is C18H18N4O5S. The standard InChI is InChI=1S/C18H18N4O5S/c1-27-18(24)14-10-21(9-13-16(14)19-20-17(13)23)12-5-6-15-11(8-12)4-3-7-22(15)28(2,25)26/h5-6,8-10H,3-4,7H2,1-2H3,(H,20,23). The number of sulfonamides is 1. The third kappa shape index (κ3) is 2.95. The molecule has 3 aliphatic rings. The smallest absolute Gasteiger partial charge is 0.341 e. The van der Waals surface area contributed by atoms with Gasteiger partial charge in [-0.2, -0.15) is 5.10 Å². The molecule has 28 heavy (non-hydrogen) atoms. The second-order valence-electron chi connectivity index (χ2n) is 6.64. The van der Waals surface area contributed by atoms with Crippen LogP contribution in [0.25, 0.3) is 16.9 Å². The lowest BCUT2D eigenvalue weighted by molar-refractivity contribution is 0.0600. The molecule has 3 aliphatic heterocycles. The van der Waals surface area contributed by atoms with Crippen LogP contribution in [-0.2, 0) is 21.2 Å². The zero-order valence-corrected chi connectivity index (χ0v) is 16.1. The van der Waals surface area contributed by atoms with E-state index in [0.717, 1.165) is 12.0 Å². The van der Waals surface area contributed by atoms with E-state index in [9.17, 15) is 18.0 Å². The first-order chi connectivity index (χ1) is 13.3. The highest BCUT2D eigenvalue weighted by atomic mass is 32.2. The minimum Gasteiger partial charge on any atom is -0.465 e. The van der Waals surface area contributed by atoms with Gasteiger partial charge in [0, 0.05) is 24.6 Å². The van der Waals surface area contributed by atoms with Crippen molar-refractivity contribution in [3.63, 3.8) is 0 Å². The second kappa shape index (κ2) is 6.48. The summed E-state index contributed by atoms with van der Waals surface area (Å²) < 4.78 is 31.9. The lowest BCUT2D eigenvalue weighted by Gasteiger charge is -2.29. The predicted molar refractivity (Wildman–Crippen MR) is 103 cm³/mol. The molecule has 0 atom stereocenters. The Morgan fingerprint density at radius 1 is 1.29 bits per heavy atom. The number of nitrogens with zero attached hydrogens (tertiary/aromatic N) is 3. The number of aryl methyl sites for hydroxylation is 1. The lowest BCUT2D eigenvalue weighted by atomic mass is 10.0. The molecule has 0 saturated heterocycles. The van der Waals surface area contributed by atoms with Gasteiger partial charge in [0.05, 0.1) is 24.6 Å². The average molecular weight is 402 g/mol. The van der Waals surface area contributed by atoms with Crippen LogP contribution in [0.4, 0.5) is 5.69 Å². The molecule has 1 aromatic rings. The maximum absolute atomic E-state index is 12.1. The molecule has 1 aromatic carbocycles. The molecule has 1 N–H and O–H groups in total. The topological polar surface area (TPSA) is 114 Å². The highest BCUT2D eigenvalue weighted by Gasteiger charge is 2.25. The van der Waals surface area contributed by atoms with Gasteiger partial charge in [-0.3, -0.25) is 9.10 Å². The van der Waals surface area contributed by atoms with Crippen molar-refractivity contribution in [3.05, 3.63) is 52.1 Å². The van der Waals surface area contributed by atoms with Gasteiger partial charge in [0.25, 0.3) is 5.56 Å². The normalized spacial score (nSPS) is 14.1. The van der Waals surface area contributed by atoms with E-state index in [4.69, 9.17) is 4.74 Å². The van der Waals surface area contributed by atoms with E-state index in [1.165, 1.54) is 17.7 Å². The number of nitrogens with one attached hydrogen (secondary N) is 1. The van der Waals surface area contributed by atoms with Crippen molar-refractivity contribution in [2.45, 2.75) is 12.8 Å². The first-order valence-electron chi connectivity index (χ1n) is 8.59. The number of aromatic nitrogens is 3. The largest absolute Gasteiger partial charge is 0.465 e. The molecule has 146 valence electrons. The number of anilines is 1. The summed E-state index contributed by atoms with van der Waals surface area (Å²) in [6.45, 7) is 0.450. The van der Waals surface area contributed by atoms with Gasteiger partial charge in [0.15, 0.2) is 0 Å². The van der Waals surface area contributed by atoms with Gasteiger partial charge in [-0.1, -0.05) is 0 Å². The molecule has 0 fully saturated rings. The molecule has 0 amide bonds. The highest BCUT2D eigenvalue weighted by Crippen LogP contribution is 2.31. The number of carbonyl (C=O) groups is 1. The van der Waals surface area contributed by atoms with Crippen molar-refractivity contribution in [1.29, 1.82) is 0 Å². The molecular weight excluding hydrogens is 384 g/mol. The number of aromatic amines is 1. The van der Waals surface area contributed by atoms with Gasteiger partial charge in [-0.25, -0.2) is 18.3 Å². The summed E-state index contributed by atoms with van der Waals surface area (Å²) in [7, 11) is -2.09. The molecule has 4 rings (SSSR count). The number of carbonyl (C=O) groups excluding carboxylic acids is 1. The van der Waals surface area contributed by atoms with E-state index < -0.39 is 21.6 Å². The fraction of sp³-hybridized carbons (Fsp3) is 0.278. The van der Waals surface area contributed by atoms with Crippen LogP contribution in [0, 0.1) is 0 Å². The second-order valence-corrected chi connectivity index (χ2v) is 8.54. The summed E-state index contributed by atoms with van der Waals surface area (Å²) in [5, 5.41) is 6.25. The molecule has 0 spiro atoms. The zero-order chi connectivity index (χ0) is 20.1. The molecule has 10 heteroatoms. The van der Waals surface area contributed by atoms with Gasteiger partial charge in [-0.15, -0.1) is 0 Å². The van der Waals surface area contributed by atoms with E-state index in [0.29, 0.717) is 24.3 Å².